The van der Waals surface area contributed by atoms with Gasteiger partial charge in [-0.15, -0.1) is 0 Å². The number of anilines is 1. The van der Waals surface area contributed by atoms with Gasteiger partial charge in [-0.05, 0) is 30.5 Å². The van der Waals surface area contributed by atoms with E-state index in [4.69, 9.17) is 14.6 Å². The molecule has 0 aliphatic carbocycles. The van der Waals surface area contributed by atoms with Gasteiger partial charge in [0.05, 0.1) is 12.3 Å². The largest absolute Gasteiger partial charge is 0.491 e. The van der Waals surface area contributed by atoms with Crippen LogP contribution in [0.1, 0.15) is 25.3 Å². The van der Waals surface area contributed by atoms with Crippen LogP contribution in [0.4, 0.5) is 5.69 Å². The Balaban J connectivity index is 2.87. The van der Waals surface area contributed by atoms with E-state index >= 15 is 0 Å². The molecular weight excluding hydrogens is 274 g/mol. The highest BCUT2D eigenvalue weighted by atomic mass is 16.5. The van der Waals surface area contributed by atoms with E-state index < -0.39 is 5.97 Å². The van der Waals surface area contributed by atoms with Crippen LogP contribution in [0, 0.1) is 0 Å². The maximum Gasteiger partial charge on any atom is 0.303 e. The highest BCUT2D eigenvalue weighted by molar-refractivity contribution is 5.93. The fourth-order valence-corrected chi connectivity index (χ4v) is 1.74. The zero-order chi connectivity index (χ0) is 15.7. The molecule has 0 saturated heterocycles. The number of hydrogen-bond acceptors (Lipinski definition) is 4. The smallest absolute Gasteiger partial charge is 0.303 e. The van der Waals surface area contributed by atoms with Gasteiger partial charge in [-0.2, -0.15) is 0 Å². The van der Waals surface area contributed by atoms with Gasteiger partial charge in [0.15, 0.2) is 0 Å². The van der Waals surface area contributed by atoms with Crippen molar-refractivity contribution in [1.29, 1.82) is 0 Å². The van der Waals surface area contributed by atoms with Crippen molar-refractivity contribution in [3.63, 3.8) is 0 Å². The number of carbonyl (C=O) groups is 2. The van der Waals surface area contributed by atoms with E-state index in [2.05, 4.69) is 5.32 Å². The van der Waals surface area contributed by atoms with Crippen molar-refractivity contribution in [2.45, 2.75) is 26.2 Å². The number of rotatable bonds is 9. The predicted octanol–water partition coefficient (Wildman–Crippen LogP) is 2.08. The van der Waals surface area contributed by atoms with Crippen LogP contribution in [0.5, 0.6) is 5.75 Å². The average molecular weight is 295 g/mol. The summed E-state index contributed by atoms with van der Waals surface area (Å²) in [6, 6.07) is 5.29. The van der Waals surface area contributed by atoms with Crippen molar-refractivity contribution < 1.29 is 24.2 Å². The summed E-state index contributed by atoms with van der Waals surface area (Å²) in [4.78, 5) is 22.2. The summed E-state index contributed by atoms with van der Waals surface area (Å²) >= 11 is 0. The van der Waals surface area contributed by atoms with Crippen LogP contribution < -0.4 is 10.1 Å². The Kier molecular flexibility index (Phi) is 7.25. The maximum absolute atomic E-state index is 11.6. The lowest BCUT2D eigenvalue weighted by molar-refractivity contribution is -0.137. The van der Waals surface area contributed by atoms with Crippen LogP contribution in [0.2, 0.25) is 0 Å². The minimum atomic E-state index is -0.855. The lowest BCUT2D eigenvalue weighted by Crippen LogP contribution is -2.18. The quantitative estimate of drug-likeness (QED) is 0.728. The molecule has 0 unspecified atom stereocenters. The van der Waals surface area contributed by atoms with Crippen LogP contribution >= 0.6 is 0 Å². The molecule has 0 aliphatic rings. The highest BCUT2D eigenvalue weighted by Crippen LogP contribution is 2.26. The molecule has 6 heteroatoms. The van der Waals surface area contributed by atoms with Gasteiger partial charge in [0.1, 0.15) is 12.4 Å². The Hall–Kier alpha value is -2.08. The monoisotopic (exact) mass is 295 g/mol. The predicted molar refractivity (Wildman–Crippen MR) is 78.7 cm³/mol. The van der Waals surface area contributed by atoms with E-state index in [1.165, 1.54) is 7.11 Å². The summed E-state index contributed by atoms with van der Waals surface area (Å²) in [5.74, 6) is -0.569. The number of ether oxygens (including phenoxy) is 2. The number of aliphatic carboxylic acids is 1. The van der Waals surface area contributed by atoms with Crippen LogP contribution in [0.15, 0.2) is 18.2 Å². The molecule has 6 nitrogen and oxygen atoms in total. The number of carboxylic acid groups (broad SMARTS) is 1. The van der Waals surface area contributed by atoms with Crippen molar-refractivity contribution in [2.24, 2.45) is 0 Å². The molecule has 0 bridgehead atoms. The van der Waals surface area contributed by atoms with E-state index in [1.807, 2.05) is 6.92 Å². The standard InChI is InChI=1S/C15H21NO5/c1-3-8-21-13-6-4-11(5-7-15(18)19)9-12(13)16-14(17)10-20-2/h4,6,9H,3,5,7-8,10H2,1-2H3,(H,16,17)(H,18,19). The number of aryl methyl sites for hydroxylation is 1. The molecule has 2 N–H and O–H groups in total. The number of nitrogens with one attached hydrogen (secondary N) is 1. The molecule has 0 heterocycles. The summed E-state index contributed by atoms with van der Waals surface area (Å²) in [5.41, 5.74) is 1.36. The Labute approximate surface area is 124 Å². The van der Waals surface area contributed by atoms with Crippen LogP contribution in [-0.2, 0) is 20.7 Å². The Morgan fingerprint density at radius 1 is 1.33 bits per heavy atom. The van der Waals surface area contributed by atoms with Crippen molar-refractivity contribution in [1.82, 2.24) is 0 Å². The number of methoxy groups -OCH3 is 1. The first kappa shape index (κ1) is 17.0. The van der Waals surface area contributed by atoms with Crippen LogP contribution in [0.3, 0.4) is 0 Å². The molecule has 0 fully saturated rings. The number of amides is 1. The van der Waals surface area contributed by atoms with E-state index in [9.17, 15) is 9.59 Å². The maximum atomic E-state index is 11.6. The van der Waals surface area contributed by atoms with E-state index in [0.29, 0.717) is 24.5 Å². The Bertz CT molecular complexity index is 487. The second-order valence-electron chi connectivity index (χ2n) is 4.55. The van der Waals surface area contributed by atoms with Gasteiger partial charge in [-0.1, -0.05) is 13.0 Å². The molecule has 0 radical (unpaired) electrons. The van der Waals surface area contributed by atoms with Crippen LogP contribution in [-0.4, -0.2) is 37.3 Å². The average Bonchev–Trinajstić information content (AvgIpc) is 2.44. The topological polar surface area (TPSA) is 84.9 Å². The van der Waals surface area contributed by atoms with E-state index in [0.717, 1.165) is 12.0 Å². The van der Waals surface area contributed by atoms with Gasteiger partial charge in [0.25, 0.3) is 0 Å². The molecule has 1 aromatic carbocycles. The lowest BCUT2D eigenvalue weighted by atomic mass is 10.1. The molecule has 0 aliphatic heterocycles. The molecule has 116 valence electrons. The van der Waals surface area contributed by atoms with Gasteiger partial charge in [0.2, 0.25) is 5.91 Å². The summed E-state index contributed by atoms with van der Waals surface area (Å²) in [5, 5.41) is 11.4. The molecule has 0 aromatic heterocycles. The summed E-state index contributed by atoms with van der Waals surface area (Å²) in [6.07, 6.45) is 1.30. The van der Waals surface area contributed by atoms with Gasteiger partial charge in [-0.3, -0.25) is 9.59 Å². The van der Waals surface area contributed by atoms with E-state index in [1.54, 1.807) is 18.2 Å². The van der Waals surface area contributed by atoms with Crippen molar-refractivity contribution in [2.75, 3.05) is 25.6 Å². The molecule has 1 rings (SSSR count). The van der Waals surface area contributed by atoms with Gasteiger partial charge >= 0.3 is 5.97 Å². The third kappa shape index (κ3) is 6.27. The number of hydrogen-bond donors (Lipinski definition) is 2. The highest BCUT2D eigenvalue weighted by Gasteiger charge is 2.10. The molecule has 0 spiro atoms. The van der Waals surface area contributed by atoms with Crippen LogP contribution in [0.25, 0.3) is 0 Å². The first-order valence-corrected chi connectivity index (χ1v) is 6.83. The van der Waals surface area contributed by atoms with Crippen molar-refractivity contribution in [3.8, 4) is 5.75 Å². The molecule has 21 heavy (non-hydrogen) atoms. The SMILES string of the molecule is CCCOc1ccc(CCC(=O)O)cc1NC(=O)COC. The summed E-state index contributed by atoms with van der Waals surface area (Å²) in [7, 11) is 1.44. The third-order valence-electron chi connectivity index (χ3n) is 2.68. The Morgan fingerprint density at radius 3 is 2.71 bits per heavy atom. The normalized spacial score (nSPS) is 10.2. The first-order valence-electron chi connectivity index (χ1n) is 6.83. The van der Waals surface area contributed by atoms with Gasteiger partial charge in [-0.25, -0.2) is 0 Å². The molecular formula is C15H21NO5. The minimum absolute atomic E-state index is 0.0423. The zero-order valence-corrected chi connectivity index (χ0v) is 12.3. The number of carboxylic acids is 1. The zero-order valence-electron chi connectivity index (χ0n) is 12.3. The summed E-state index contributed by atoms with van der Waals surface area (Å²) in [6.45, 7) is 2.48. The Morgan fingerprint density at radius 2 is 2.10 bits per heavy atom. The number of benzene rings is 1. The second-order valence-corrected chi connectivity index (χ2v) is 4.55. The number of carbonyl (C=O) groups excluding carboxylic acids is 1. The first-order chi connectivity index (χ1) is 10.1. The van der Waals surface area contributed by atoms with Crippen molar-refractivity contribution in [3.05, 3.63) is 23.8 Å². The fourth-order valence-electron chi connectivity index (χ4n) is 1.74. The molecule has 0 saturated carbocycles. The lowest BCUT2D eigenvalue weighted by Gasteiger charge is -2.13. The van der Waals surface area contributed by atoms with Crippen molar-refractivity contribution >= 4 is 17.6 Å². The third-order valence-corrected chi connectivity index (χ3v) is 2.68. The van der Waals surface area contributed by atoms with E-state index in [-0.39, 0.29) is 18.9 Å². The molecule has 1 amide bonds. The molecule has 1 aromatic rings. The summed E-state index contributed by atoms with van der Waals surface area (Å²) < 4.78 is 10.3. The molecule has 0 atom stereocenters. The minimum Gasteiger partial charge on any atom is -0.491 e. The fraction of sp³-hybridized carbons (Fsp3) is 0.467. The second kappa shape index (κ2) is 8.97. The van der Waals surface area contributed by atoms with Gasteiger partial charge < -0.3 is 19.9 Å². The van der Waals surface area contributed by atoms with Gasteiger partial charge in [0, 0.05) is 13.5 Å².